The summed E-state index contributed by atoms with van der Waals surface area (Å²) in [4.78, 5) is 14.9. The van der Waals surface area contributed by atoms with E-state index in [1.54, 1.807) is 0 Å². The molecule has 0 fully saturated rings. The molecule has 0 radical (unpaired) electrons. The molecule has 12 rings (SSSR count). The van der Waals surface area contributed by atoms with Crippen LogP contribution in [0.1, 0.15) is 0 Å². The summed E-state index contributed by atoms with van der Waals surface area (Å²) in [5, 5.41) is 7.16. The zero-order valence-electron chi connectivity index (χ0n) is 30.4. The molecule has 57 heavy (non-hydrogen) atoms. The second-order valence-corrected chi connectivity index (χ2v) is 15.5. The van der Waals surface area contributed by atoms with Gasteiger partial charge in [0.1, 0.15) is 11.2 Å². The molecule has 0 unspecified atom stereocenters. The number of hydrogen-bond acceptors (Lipinski definition) is 5. The van der Waals surface area contributed by atoms with Crippen LogP contribution in [0.3, 0.4) is 0 Å². The normalized spacial score (nSPS) is 11.9. The third kappa shape index (κ3) is 5.12. The van der Waals surface area contributed by atoms with E-state index in [2.05, 4.69) is 114 Å². The molecule has 12 aromatic rings. The van der Waals surface area contributed by atoms with E-state index in [4.69, 9.17) is 19.4 Å². The standard InChI is InChI=1S/C51H30N4OS/c1-3-12-31(13-4-1)49-52-50(32-14-5-2-6-15-32)54-51(53-49)34-23-27-44-41(28-34)48-36(18-11-21-45(48)56-44)33-22-25-39-40-26-24-35(30-47(40)57-46(39)29-33)55-42-19-9-7-16-37(42)38-17-8-10-20-43(38)55/h1-30H. The Morgan fingerprint density at radius 1 is 0.386 bits per heavy atom. The summed E-state index contributed by atoms with van der Waals surface area (Å²) in [6.45, 7) is 0. The largest absolute Gasteiger partial charge is 0.456 e. The average molecular weight is 747 g/mol. The highest BCUT2D eigenvalue weighted by atomic mass is 32.1. The van der Waals surface area contributed by atoms with E-state index in [1.807, 2.05) is 84.1 Å². The summed E-state index contributed by atoms with van der Waals surface area (Å²) in [6.07, 6.45) is 0. The lowest BCUT2D eigenvalue weighted by molar-refractivity contribution is 0.669. The van der Waals surface area contributed by atoms with Gasteiger partial charge in [0.2, 0.25) is 0 Å². The van der Waals surface area contributed by atoms with Gasteiger partial charge in [-0.15, -0.1) is 11.3 Å². The van der Waals surface area contributed by atoms with Gasteiger partial charge in [-0.2, -0.15) is 0 Å². The van der Waals surface area contributed by atoms with Gasteiger partial charge in [-0.25, -0.2) is 15.0 Å². The molecule has 0 spiro atoms. The van der Waals surface area contributed by atoms with Gasteiger partial charge < -0.3 is 8.98 Å². The molecule has 6 heteroatoms. The van der Waals surface area contributed by atoms with E-state index in [0.717, 1.165) is 49.8 Å². The number of rotatable bonds is 5. The fraction of sp³-hybridized carbons (Fsp3) is 0. The van der Waals surface area contributed by atoms with E-state index in [1.165, 1.54) is 47.7 Å². The van der Waals surface area contributed by atoms with Crippen LogP contribution in [0.15, 0.2) is 186 Å². The lowest BCUT2D eigenvalue weighted by atomic mass is 9.98. The van der Waals surface area contributed by atoms with Crippen LogP contribution >= 0.6 is 11.3 Å². The number of para-hydroxylation sites is 2. The summed E-state index contributed by atoms with van der Waals surface area (Å²) in [6, 6.07) is 63.8. The number of benzene rings is 8. The first-order valence-electron chi connectivity index (χ1n) is 19.0. The predicted octanol–water partition coefficient (Wildman–Crippen LogP) is 13.9. The molecule has 0 bridgehead atoms. The van der Waals surface area contributed by atoms with Gasteiger partial charge in [0.05, 0.1) is 11.0 Å². The second kappa shape index (κ2) is 12.6. The lowest BCUT2D eigenvalue weighted by Crippen LogP contribution is -2.00. The zero-order chi connectivity index (χ0) is 37.5. The van der Waals surface area contributed by atoms with E-state index >= 15 is 0 Å². The zero-order valence-corrected chi connectivity index (χ0v) is 31.2. The third-order valence-corrected chi connectivity index (χ3v) is 12.2. The highest BCUT2D eigenvalue weighted by Crippen LogP contribution is 2.42. The lowest BCUT2D eigenvalue weighted by Gasteiger charge is -2.09. The number of aromatic nitrogens is 4. The van der Waals surface area contributed by atoms with Crippen molar-refractivity contribution in [2.24, 2.45) is 0 Å². The third-order valence-electron chi connectivity index (χ3n) is 11.1. The molecule has 5 nitrogen and oxygen atoms in total. The van der Waals surface area contributed by atoms with Gasteiger partial charge >= 0.3 is 0 Å². The van der Waals surface area contributed by atoms with Crippen molar-refractivity contribution in [1.82, 2.24) is 19.5 Å². The Morgan fingerprint density at radius 2 is 0.965 bits per heavy atom. The minimum absolute atomic E-state index is 0.614. The Balaban J connectivity index is 0.989. The Morgan fingerprint density at radius 3 is 1.65 bits per heavy atom. The van der Waals surface area contributed by atoms with Crippen molar-refractivity contribution >= 4 is 75.3 Å². The molecular formula is C51H30N4OS. The molecule has 0 aliphatic carbocycles. The summed E-state index contributed by atoms with van der Waals surface area (Å²) < 4.78 is 11.4. The highest BCUT2D eigenvalue weighted by molar-refractivity contribution is 7.25. The summed E-state index contributed by atoms with van der Waals surface area (Å²) in [5.41, 5.74) is 10.3. The molecule has 0 saturated carbocycles. The molecule has 0 atom stereocenters. The van der Waals surface area contributed by atoms with Gasteiger partial charge in [-0.1, -0.05) is 127 Å². The van der Waals surface area contributed by atoms with E-state index < -0.39 is 0 Å². The van der Waals surface area contributed by atoms with Gasteiger partial charge in [0.25, 0.3) is 0 Å². The topological polar surface area (TPSA) is 56.7 Å². The number of furan rings is 1. The van der Waals surface area contributed by atoms with Crippen molar-refractivity contribution in [2.45, 2.75) is 0 Å². The van der Waals surface area contributed by atoms with Gasteiger partial charge in [0, 0.05) is 64.1 Å². The summed E-state index contributed by atoms with van der Waals surface area (Å²) >= 11 is 1.84. The molecule has 4 heterocycles. The molecule has 0 saturated heterocycles. The van der Waals surface area contributed by atoms with Crippen LogP contribution in [-0.4, -0.2) is 19.5 Å². The Labute approximate surface area is 330 Å². The number of nitrogens with zero attached hydrogens (tertiary/aromatic N) is 4. The number of hydrogen-bond donors (Lipinski definition) is 0. The first kappa shape index (κ1) is 31.9. The summed E-state index contributed by atoms with van der Waals surface area (Å²) in [5.74, 6) is 1.88. The van der Waals surface area contributed by atoms with Gasteiger partial charge in [-0.3, -0.25) is 0 Å². The van der Waals surface area contributed by atoms with Crippen molar-refractivity contribution in [3.63, 3.8) is 0 Å². The van der Waals surface area contributed by atoms with Crippen LogP contribution in [0.25, 0.3) is 115 Å². The maximum Gasteiger partial charge on any atom is 0.164 e. The van der Waals surface area contributed by atoms with Crippen LogP contribution in [0.5, 0.6) is 0 Å². The Hall–Kier alpha value is -7.41. The van der Waals surface area contributed by atoms with Gasteiger partial charge in [-0.05, 0) is 65.7 Å². The molecule has 0 amide bonds. The van der Waals surface area contributed by atoms with Crippen molar-refractivity contribution in [2.75, 3.05) is 0 Å². The van der Waals surface area contributed by atoms with Crippen LogP contribution in [0.4, 0.5) is 0 Å². The second-order valence-electron chi connectivity index (χ2n) is 14.4. The fourth-order valence-electron chi connectivity index (χ4n) is 8.42. The van der Waals surface area contributed by atoms with Crippen molar-refractivity contribution in [1.29, 1.82) is 0 Å². The predicted molar refractivity (Wildman–Crippen MR) is 236 cm³/mol. The smallest absolute Gasteiger partial charge is 0.164 e. The van der Waals surface area contributed by atoms with Crippen molar-refractivity contribution in [3.05, 3.63) is 182 Å². The van der Waals surface area contributed by atoms with E-state index in [9.17, 15) is 0 Å². The molecule has 0 N–H and O–H groups in total. The van der Waals surface area contributed by atoms with Gasteiger partial charge in [0.15, 0.2) is 17.5 Å². The van der Waals surface area contributed by atoms with Crippen molar-refractivity contribution < 1.29 is 4.42 Å². The Bertz CT molecular complexity index is 3420. The minimum atomic E-state index is 0.614. The number of thiophene rings is 1. The maximum atomic E-state index is 6.48. The maximum absolute atomic E-state index is 6.48. The Kier molecular flexibility index (Phi) is 7.03. The SMILES string of the molecule is c1ccc(-c2nc(-c3ccccc3)nc(-c3ccc4oc5cccc(-c6ccc7c(c6)sc6cc(-n8c9ccccc9c9ccccc98)ccc67)c5c4c3)n2)cc1. The molecule has 8 aromatic carbocycles. The van der Waals surface area contributed by atoms with E-state index in [-0.39, 0.29) is 0 Å². The first-order valence-corrected chi connectivity index (χ1v) is 19.8. The molecule has 0 aliphatic heterocycles. The van der Waals surface area contributed by atoms with Crippen LogP contribution in [-0.2, 0) is 0 Å². The first-order chi connectivity index (χ1) is 28.2. The van der Waals surface area contributed by atoms with Crippen LogP contribution in [0.2, 0.25) is 0 Å². The minimum Gasteiger partial charge on any atom is -0.456 e. The highest BCUT2D eigenvalue weighted by Gasteiger charge is 2.18. The summed E-state index contributed by atoms with van der Waals surface area (Å²) in [7, 11) is 0. The molecule has 0 aliphatic rings. The van der Waals surface area contributed by atoms with E-state index in [0.29, 0.717) is 17.5 Å². The van der Waals surface area contributed by atoms with Crippen LogP contribution < -0.4 is 0 Å². The molecule has 266 valence electrons. The quantitative estimate of drug-likeness (QED) is 0.176. The van der Waals surface area contributed by atoms with Crippen molar-refractivity contribution in [3.8, 4) is 51.0 Å². The molecule has 4 aromatic heterocycles. The monoisotopic (exact) mass is 746 g/mol. The fourth-order valence-corrected chi connectivity index (χ4v) is 9.60. The molecular weight excluding hydrogens is 717 g/mol. The average Bonchev–Trinajstić information content (AvgIpc) is 3.95. The van der Waals surface area contributed by atoms with Crippen LogP contribution in [0, 0.1) is 0 Å². The number of fused-ring (bicyclic) bond motifs is 9.